The second-order valence-corrected chi connectivity index (χ2v) is 5.65. The second-order valence-electron chi connectivity index (χ2n) is 5.65. The zero-order valence-corrected chi connectivity index (χ0v) is 13.2. The summed E-state index contributed by atoms with van der Waals surface area (Å²) in [6.07, 6.45) is 3.26. The van der Waals surface area contributed by atoms with E-state index in [9.17, 15) is 9.18 Å². The number of piperidine rings is 1. The standard InChI is InChI=1S/C17H24FN3O2/c1-2-8-21(11-12-22)17(23)19-15-6-9-20(10-7-15)16-5-3-4-14(18)13-16/h2-5,13,15,22H,1,6-12H2,(H,19,23). The van der Waals surface area contributed by atoms with Crippen LogP contribution in [0.15, 0.2) is 36.9 Å². The molecule has 5 nitrogen and oxygen atoms in total. The molecule has 0 bridgehead atoms. The van der Waals surface area contributed by atoms with Gasteiger partial charge in [-0.2, -0.15) is 0 Å². The predicted molar refractivity (Wildman–Crippen MR) is 89.0 cm³/mol. The molecule has 0 radical (unpaired) electrons. The van der Waals surface area contributed by atoms with Crippen LogP contribution in [0.2, 0.25) is 0 Å². The Bertz CT molecular complexity index is 530. The van der Waals surface area contributed by atoms with E-state index in [2.05, 4.69) is 16.8 Å². The van der Waals surface area contributed by atoms with Gasteiger partial charge < -0.3 is 20.2 Å². The summed E-state index contributed by atoms with van der Waals surface area (Å²) < 4.78 is 13.3. The first-order chi connectivity index (χ1) is 11.1. The van der Waals surface area contributed by atoms with Crippen LogP contribution >= 0.6 is 0 Å². The molecule has 2 amide bonds. The summed E-state index contributed by atoms with van der Waals surface area (Å²) in [7, 11) is 0. The highest BCUT2D eigenvalue weighted by molar-refractivity contribution is 5.74. The van der Waals surface area contributed by atoms with Crippen molar-refractivity contribution in [2.24, 2.45) is 0 Å². The molecule has 0 unspecified atom stereocenters. The van der Waals surface area contributed by atoms with Crippen LogP contribution < -0.4 is 10.2 Å². The van der Waals surface area contributed by atoms with Crippen molar-refractivity contribution in [2.75, 3.05) is 37.7 Å². The molecule has 1 aromatic rings. The number of aliphatic hydroxyl groups is 1. The first-order valence-corrected chi connectivity index (χ1v) is 7.91. The van der Waals surface area contributed by atoms with Crippen molar-refractivity contribution in [2.45, 2.75) is 18.9 Å². The molecule has 0 atom stereocenters. The maximum absolute atomic E-state index is 13.3. The van der Waals surface area contributed by atoms with Crippen molar-refractivity contribution < 1.29 is 14.3 Å². The van der Waals surface area contributed by atoms with Crippen molar-refractivity contribution >= 4 is 11.7 Å². The smallest absolute Gasteiger partial charge is 0.317 e. The van der Waals surface area contributed by atoms with E-state index in [-0.39, 0.29) is 24.5 Å². The second kappa shape index (κ2) is 8.53. The molecule has 6 heteroatoms. The highest BCUT2D eigenvalue weighted by atomic mass is 19.1. The van der Waals surface area contributed by atoms with Crippen LogP contribution in [0.25, 0.3) is 0 Å². The van der Waals surface area contributed by atoms with E-state index in [0.717, 1.165) is 31.6 Å². The molecule has 126 valence electrons. The van der Waals surface area contributed by atoms with Crippen LogP contribution in [0.3, 0.4) is 0 Å². The Morgan fingerprint density at radius 1 is 1.48 bits per heavy atom. The summed E-state index contributed by atoms with van der Waals surface area (Å²) in [5.74, 6) is -0.234. The van der Waals surface area contributed by atoms with Gasteiger partial charge in [-0.3, -0.25) is 0 Å². The highest BCUT2D eigenvalue weighted by Gasteiger charge is 2.22. The number of anilines is 1. The summed E-state index contributed by atoms with van der Waals surface area (Å²) in [5.41, 5.74) is 0.878. The molecule has 1 aromatic carbocycles. The van der Waals surface area contributed by atoms with E-state index in [0.29, 0.717) is 13.1 Å². The van der Waals surface area contributed by atoms with Gasteiger partial charge in [-0.05, 0) is 31.0 Å². The predicted octanol–water partition coefficient (Wildman–Crippen LogP) is 1.98. The molecule has 2 rings (SSSR count). The van der Waals surface area contributed by atoms with Crippen molar-refractivity contribution in [3.63, 3.8) is 0 Å². The van der Waals surface area contributed by atoms with E-state index in [1.165, 1.54) is 17.0 Å². The third-order valence-electron chi connectivity index (χ3n) is 4.00. The lowest BCUT2D eigenvalue weighted by Crippen LogP contribution is -2.50. The fourth-order valence-electron chi connectivity index (χ4n) is 2.77. The zero-order chi connectivity index (χ0) is 16.7. The van der Waals surface area contributed by atoms with Gasteiger partial charge in [-0.25, -0.2) is 9.18 Å². The molecule has 0 saturated carbocycles. The zero-order valence-electron chi connectivity index (χ0n) is 13.2. The lowest BCUT2D eigenvalue weighted by Gasteiger charge is -2.35. The summed E-state index contributed by atoms with van der Waals surface area (Å²) in [5, 5.41) is 12.0. The van der Waals surface area contributed by atoms with Gasteiger partial charge in [-0.1, -0.05) is 12.1 Å². The minimum absolute atomic E-state index is 0.0702. The van der Waals surface area contributed by atoms with Crippen LogP contribution in [-0.2, 0) is 0 Å². The molecular formula is C17H24FN3O2. The van der Waals surface area contributed by atoms with E-state index in [1.807, 2.05) is 6.07 Å². The number of nitrogens with zero attached hydrogens (tertiary/aromatic N) is 2. The van der Waals surface area contributed by atoms with Gasteiger partial charge in [0, 0.05) is 37.9 Å². The van der Waals surface area contributed by atoms with Crippen LogP contribution in [0, 0.1) is 5.82 Å². The molecular weight excluding hydrogens is 297 g/mol. The van der Waals surface area contributed by atoms with Crippen molar-refractivity contribution in [3.05, 3.63) is 42.7 Å². The number of carbonyl (C=O) groups is 1. The quantitative estimate of drug-likeness (QED) is 0.788. The number of nitrogens with one attached hydrogen (secondary N) is 1. The average molecular weight is 321 g/mol. The van der Waals surface area contributed by atoms with Gasteiger partial charge in [0.2, 0.25) is 0 Å². The minimum atomic E-state index is -0.234. The minimum Gasteiger partial charge on any atom is -0.395 e. The highest BCUT2D eigenvalue weighted by Crippen LogP contribution is 2.20. The Kier molecular flexibility index (Phi) is 6.40. The van der Waals surface area contributed by atoms with Gasteiger partial charge in [0.05, 0.1) is 6.61 Å². The maximum atomic E-state index is 13.3. The van der Waals surface area contributed by atoms with Gasteiger partial charge >= 0.3 is 6.03 Å². The average Bonchev–Trinajstić information content (AvgIpc) is 2.55. The molecule has 2 N–H and O–H groups in total. The molecule has 1 aliphatic heterocycles. The molecule has 1 fully saturated rings. The Labute approximate surface area is 136 Å². The summed E-state index contributed by atoms with van der Waals surface area (Å²) >= 11 is 0. The van der Waals surface area contributed by atoms with Crippen molar-refractivity contribution in [1.29, 1.82) is 0 Å². The van der Waals surface area contributed by atoms with Gasteiger partial charge in [0.25, 0.3) is 0 Å². The molecule has 1 aliphatic rings. The van der Waals surface area contributed by atoms with Gasteiger partial charge in [-0.15, -0.1) is 6.58 Å². The molecule has 23 heavy (non-hydrogen) atoms. The normalized spacial score (nSPS) is 15.3. The third-order valence-corrected chi connectivity index (χ3v) is 4.00. The number of hydrogen-bond acceptors (Lipinski definition) is 3. The lowest BCUT2D eigenvalue weighted by molar-refractivity contribution is 0.178. The van der Waals surface area contributed by atoms with Crippen LogP contribution in [0.1, 0.15) is 12.8 Å². The number of benzene rings is 1. The summed E-state index contributed by atoms with van der Waals surface area (Å²) in [6.45, 7) is 5.80. The Balaban J connectivity index is 1.84. The number of carbonyl (C=O) groups excluding carboxylic acids is 1. The Morgan fingerprint density at radius 3 is 2.83 bits per heavy atom. The fraction of sp³-hybridized carbons (Fsp3) is 0.471. The number of halogens is 1. The maximum Gasteiger partial charge on any atom is 0.317 e. The van der Waals surface area contributed by atoms with E-state index < -0.39 is 0 Å². The van der Waals surface area contributed by atoms with Crippen molar-refractivity contribution in [3.8, 4) is 0 Å². The molecule has 0 spiro atoms. The molecule has 0 aromatic heterocycles. The summed E-state index contributed by atoms with van der Waals surface area (Å²) in [4.78, 5) is 15.8. The van der Waals surface area contributed by atoms with E-state index in [4.69, 9.17) is 5.11 Å². The molecule has 1 heterocycles. The molecule has 1 saturated heterocycles. The largest absolute Gasteiger partial charge is 0.395 e. The summed E-state index contributed by atoms with van der Waals surface area (Å²) in [6, 6.07) is 6.49. The van der Waals surface area contributed by atoms with E-state index >= 15 is 0 Å². The van der Waals surface area contributed by atoms with Gasteiger partial charge in [0.15, 0.2) is 0 Å². The Morgan fingerprint density at radius 2 is 2.22 bits per heavy atom. The van der Waals surface area contributed by atoms with Crippen LogP contribution in [0.4, 0.5) is 14.9 Å². The number of hydrogen-bond donors (Lipinski definition) is 2. The van der Waals surface area contributed by atoms with E-state index in [1.54, 1.807) is 12.1 Å². The first-order valence-electron chi connectivity index (χ1n) is 7.91. The number of aliphatic hydroxyl groups excluding tert-OH is 1. The molecule has 0 aliphatic carbocycles. The van der Waals surface area contributed by atoms with Crippen LogP contribution in [-0.4, -0.2) is 54.9 Å². The fourth-order valence-corrected chi connectivity index (χ4v) is 2.77. The van der Waals surface area contributed by atoms with Gasteiger partial charge in [0.1, 0.15) is 5.82 Å². The topological polar surface area (TPSA) is 55.8 Å². The first kappa shape index (κ1) is 17.3. The number of rotatable bonds is 6. The number of urea groups is 1. The number of amides is 2. The lowest BCUT2D eigenvalue weighted by atomic mass is 10.0. The third kappa shape index (κ3) is 4.96. The Hall–Kier alpha value is -2.08. The SMILES string of the molecule is C=CCN(CCO)C(=O)NC1CCN(c2cccc(F)c2)CC1. The van der Waals surface area contributed by atoms with Crippen LogP contribution in [0.5, 0.6) is 0 Å². The monoisotopic (exact) mass is 321 g/mol. The van der Waals surface area contributed by atoms with Crippen molar-refractivity contribution in [1.82, 2.24) is 10.2 Å².